The number of hydrogen-bond donors (Lipinski definition) is 2. The first kappa shape index (κ1) is 9.71. The zero-order chi connectivity index (χ0) is 10.2. The van der Waals surface area contributed by atoms with Crippen molar-refractivity contribution in [3.05, 3.63) is 0 Å². The average Bonchev–Trinajstić information content (AvgIpc) is 2.61. The van der Waals surface area contributed by atoms with Crippen molar-refractivity contribution in [3.63, 3.8) is 0 Å². The molecule has 0 spiro atoms. The van der Waals surface area contributed by atoms with Gasteiger partial charge in [0.2, 0.25) is 11.1 Å². The predicted molar refractivity (Wildman–Crippen MR) is 59.4 cm³/mol. The van der Waals surface area contributed by atoms with E-state index in [1.54, 1.807) is 0 Å². The number of hydrogen-bond acceptors (Lipinski definition) is 5. The maximum Gasteiger partial charge on any atom is 0.233 e. The minimum atomic E-state index is 0.362. The average molecular weight is 212 g/mol. The summed E-state index contributed by atoms with van der Waals surface area (Å²) < 4.78 is 3.95. The number of nitrogens with one attached hydrogen (secondary N) is 1. The normalized spacial score (nSPS) is 25.1. The van der Waals surface area contributed by atoms with Crippen LogP contribution >= 0.6 is 11.5 Å². The molecule has 78 valence electrons. The lowest BCUT2D eigenvalue weighted by Crippen LogP contribution is -2.30. The van der Waals surface area contributed by atoms with Crippen LogP contribution in [0.3, 0.4) is 0 Å². The highest BCUT2D eigenvalue weighted by molar-refractivity contribution is 7.09. The van der Waals surface area contributed by atoms with Crippen molar-refractivity contribution in [1.29, 1.82) is 0 Å². The number of nitrogen functional groups attached to an aromatic ring is 1. The minimum Gasteiger partial charge on any atom is -0.367 e. The van der Waals surface area contributed by atoms with E-state index in [1.807, 2.05) is 0 Å². The highest BCUT2D eigenvalue weighted by Gasteiger charge is 2.34. The molecular weight excluding hydrogens is 196 g/mol. The number of nitrogens with zero attached hydrogens (tertiary/aromatic N) is 2. The monoisotopic (exact) mass is 212 g/mol. The lowest BCUT2D eigenvalue weighted by molar-refractivity contribution is 0.350. The smallest absolute Gasteiger partial charge is 0.233 e. The fourth-order valence-electron chi connectivity index (χ4n) is 2.04. The second-order valence-electron chi connectivity index (χ2n) is 4.54. The van der Waals surface area contributed by atoms with Crippen molar-refractivity contribution < 1.29 is 0 Å². The van der Waals surface area contributed by atoms with Gasteiger partial charge in [0, 0.05) is 17.6 Å². The highest BCUT2D eigenvalue weighted by Crippen LogP contribution is 2.39. The summed E-state index contributed by atoms with van der Waals surface area (Å²) in [7, 11) is 0. The maximum atomic E-state index is 5.47. The van der Waals surface area contributed by atoms with E-state index in [2.05, 4.69) is 28.5 Å². The Balaban J connectivity index is 2.04. The van der Waals surface area contributed by atoms with Crippen LogP contribution in [0.2, 0.25) is 0 Å². The Morgan fingerprint density at radius 2 is 2.36 bits per heavy atom. The lowest BCUT2D eigenvalue weighted by atomic mass is 9.87. The van der Waals surface area contributed by atoms with Crippen LogP contribution in [0.25, 0.3) is 0 Å². The third kappa shape index (κ3) is 1.82. The summed E-state index contributed by atoms with van der Waals surface area (Å²) in [6.07, 6.45) is 3.78. The summed E-state index contributed by atoms with van der Waals surface area (Å²) in [5, 5.41) is 4.27. The van der Waals surface area contributed by atoms with Crippen LogP contribution in [0.15, 0.2) is 0 Å². The maximum absolute atomic E-state index is 5.47. The Labute approximate surface area is 88.1 Å². The molecule has 0 amide bonds. The Morgan fingerprint density at radius 3 is 2.86 bits per heavy atom. The van der Waals surface area contributed by atoms with Crippen molar-refractivity contribution in [3.8, 4) is 0 Å². The Morgan fingerprint density at radius 1 is 1.57 bits per heavy atom. The zero-order valence-electron chi connectivity index (χ0n) is 8.58. The fraction of sp³-hybridized carbons (Fsp3) is 0.778. The highest BCUT2D eigenvalue weighted by atomic mass is 32.1. The van der Waals surface area contributed by atoms with Gasteiger partial charge in [0.15, 0.2) is 0 Å². The van der Waals surface area contributed by atoms with Gasteiger partial charge >= 0.3 is 0 Å². The topological polar surface area (TPSA) is 63.8 Å². The van der Waals surface area contributed by atoms with Crippen molar-refractivity contribution in [2.75, 3.05) is 11.1 Å². The van der Waals surface area contributed by atoms with Gasteiger partial charge in [-0.3, -0.25) is 0 Å². The van der Waals surface area contributed by atoms with Gasteiger partial charge in [-0.05, 0) is 18.3 Å². The standard InChI is InChI=1S/C9H16N4S/c1-9(2)5-3-4-6(9)11-8-12-7(10)13-14-8/h6H,3-5H2,1-2H3,(H3,10,11,12,13). The molecule has 0 saturated heterocycles. The molecule has 3 N–H and O–H groups in total. The van der Waals surface area contributed by atoms with Crippen LogP contribution < -0.4 is 11.1 Å². The van der Waals surface area contributed by atoms with E-state index in [4.69, 9.17) is 5.73 Å². The first-order chi connectivity index (χ1) is 6.58. The minimum absolute atomic E-state index is 0.362. The van der Waals surface area contributed by atoms with Gasteiger partial charge in [-0.2, -0.15) is 9.36 Å². The Kier molecular flexibility index (Phi) is 2.34. The molecule has 2 rings (SSSR count). The van der Waals surface area contributed by atoms with E-state index in [1.165, 1.54) is 30.8 Å². The van der Waals surface area contributed by atoms with Gasteiger partial charge in [-0.15, -0.1) is 0 Å². The molecular formula is C9H16N4S. The van der Waals surface area contributed by atoms with Crippen LogP contribution in [0.5, 0.6) is 0 Å². The van der Waals surface area contributed by atoms with Crippen molar-refractivity contribution >= 4 is 22.6 Å². The third-order valence-corrected chi connectivity index (χ3v) is 3.66. The molecule has 1 aliphatic carbocycles. The molecule has 0 aromatic carbocycles. The molecule has 0 aliphatic heterocycles. The largest absolute Gasteiger partial charge is 0.367 e. The van der Waals surface area contributed by atoms with Gasteiger partial charge in [0.1, 0.15) is 0 Å². The second kappa shape index (κ2) is 3.38. The van der Waals surface area contributed by atoms with Crippen molar-refractivity contribution in [2.45, 2.75) is 39.2 Å². The Bertz CT molecular complexity index is 320. The molecule has 14 heavy (non-hydrogen) atoms. The van der Waals surface area contributed by atoms with Gasteiger partial charge in [0.05, 0.1) is 0 Å². The summed E-state index contributed by atoms with van der Waals surface area (Å²) in [6, 6.07) is 0.509. The molecule has 1 aromatic heterocycles. The van der Waals surface area contributed by atoms with E-state index in [9.17, 15) is 0 Å². The summed E-state index contributed by atoms with van der Waals surface area (Å²) in [5.74, 6) is 0.369. The number of aromatic nitrogens is 2. The van der Waals surface area contributed by atoms with Gasteiger partial charge in [-0.25, -0.2) is 0 Å². The summed E-state index contributed by atoms with van der Waals surface area (Å²) in [6.45, 7) is 4.59. The zero-order valence-corrected chi connectivity index (χ0v) is 9.40. The van der Waals surface area contributed by atoms with Crippen molar-refractivity contribution in [1.82, 2.24) is 9.36 Å². The molecule has 5 heteroatoms. The molecule has 1 aromatic rings. The van der Waals surface area contributed by atoms with Crippen LogP contribution in [0.4, 0.5) is 11.1 Å². The number of anilines is 2. The number of rotatable bonds is 2. The van der Waals surface area contributed by atoms with E-state index >= 15 is 0 Å². The first-order valence-electron chi connectivity index (χ1n) is 4.94. The molecule has 1 heterocycles. The van der Waals surface area contributed by atoms with E-state index in [0.717, 1.165) is 5.13 Å². The summed E-state index contributed by atoms with van der Waals surface area (Å²) in [4.78, 5) is 4.11. The Hall–Kier alpha value is -0.840. The quantitative estimate of drug-likeness (QED) is 0.788. The lowest BCUT2D eigenvalue weighted by Gasteiger charge is -2.27. The van der Waals surface area contributed by atoms with Gasteiger partial charge in [-0.1, -0.05) is 20.3 Å². The molecule has 1 unspecified atom stereocenters. The third-order valence-electron chi connectivity index (χ3n) is 3.00. The van der Waals surface area contributed by atoms with E-state index < -0.39 is 0 Å². The molecule has 1 atom stereocenters. The molecule has 4 nitrogen and oxygen atoms in total. The van der Waals surface area contributed by atoms with Crippen LogP contribution in [-0.4, -0.2) is 15.4 Å². The van der Waals surface area contributed by atoms with E-state index in [-0.39, 0.29) is 0 Å². The number of nitrogens with two attached hydrogens (primary N) is 1. The molecule has 1 saturated carbocycles. The summed E-state index contributed by atoms with van der Waals surface area (Å²) in [5.41, 5.74) is 5.83. The van der Waals surface area contributed by atoms with Crippen LogP contribution in [0.1, 0.15) is 33.1 Å². The van der Waals surface area contributed by atoms with E-state index in [0.29, 0.717) is 17.4 Å². The fourth-order valence-corrected chi connectivity index (χ4v) is 2.59. The van der Waals surface area contributed by atoms with Gasteiger partial charge < -0.3 is 11.1 Å². The van der Waals surface area contributed by atoms with Crippen molar-refractivity contribution in [2.24, 2.45) is 5.41 Å². The second-order valence-corrected chi connectivity index (χ2v) is 5.29. The molecule has 0 radical (unpaired) electrons. The predicted octanol–water partition coefficient (Wildman–Crippen LogP) is 2.11. The molecule has 0 bridgehead atoms. The van der Waals surface area contributed by atoms with Crippen LogP contribution in [-0.2, 0) is 0 Å². The van der Waals surface area contributed by atoms with Crippen LogP contribution in [0, 0.1) is 5.41 Å². The van der Waals surface area contributed by atoms with Gasteiger partial charge in [0.25, 0.3) is 0 Å². The summed E-state index contributed by atoms with van der Waals surface area (Å²) >= 11 is 1.34. The first-order valence-corrected chi connectivity index (χ1v) is 5.71. The molecule has 1 fully saturated rings. The SMILES string of the molecule is CC1(C)CCCC1Nc1nc(N)ns1. The molecule has 1 aliphatic rings.